The van der Waals surface area contributed by atoms with Crippen molar-refractivity contribution in [2.24, 2.45) is 5.92 Å². The number of pyridine rings is 1. The predicted octanol–water partition coefficient (Wildman–Crippen LogP) is 4.57. The van der Waals surface area contributed by atoms with Crippen LogP contribution in [0.25, 0.3) is 0 Å². The first kappa shape index (κ1) is 19.9. The Balaban J connectivity index is 1.67. The lowest BCUT2D eigenvalue weighted by atomic mass is 9.88. The second-order valence-corrected chi connectivity index (χ2v) is 8.81. The minimum absolute atomic E-state index is 0.0874. The number of carbonyl (C=O) groups excluding carboxylic acids is 2. The molecule has 0 fully saturated rings. The van der Waals surface area contributed by atoms with Crippen LogP contribution in [0.5, 0.6) is 0 Å². The largest absolute Gasteiger partial charge is 0.462 e. The Hall–Kier alpha value is -1.86. The van der Waals surface area contributed by atoms with Crippen molar-refractivity contribution in [2.75, 3.05) is 17.7 Å². The number of esters is 1. The van der Waals surface area contributed by atoms with Crippen LogP contribution in [0.3, 0.4) is 0 Å². The van der Waals surface area contributed by atoms with Crippen molar-refractivity contribution in [1.29, 1.82) is 0 Å². The number of aromatic nitrogens is 1. The van der Waals surface area contributed by atoms with Crippen molar-refractivity contribution in [1.82, 2.24) is 4.98 Å². The van der Waals surface area contributed by atoms with E-state index in [4.69, 9.17) is 4.74 Å². The highest BCUT2D eigenvalue weighted by Gasteiger charge is 2.29. The van der Waals surface area contributed by atoms with E-state index in [0.717, 1.165) is 29.9 Å². The molecular formula is C20H24N2O3S2. The average molecular weight is 405 g/mol. The van der Waals surface area contributed by atoms with Gasteiger partial charge < -0.3 is 10.1 Å². The summed E-state index contributed by atoms with van der Waals surface area (Å²) in [6.45, 7) is 4.35. The van der Waals surface area contributed by atoms with Gasteiger partial charge >= 0.3 is 5.97 Å². The minimum atomic E-state index is -0.331. The molecule has 0 aliphatic heterocycles. The first-order valence-electron chi connectivity index (χ1n) is 9.23. The summed E-state index contributed by atoms with van der Waals surface area (Å²) >= 11 is 3.07. The van der Waals surface area contributed by atoms with Gasteiger partial charge in [-0.15, -0.1) is 23.1 Å². The summed E-state index contributed by atoms with van der Waals surface area (Å²) in [6.07, 6.45) is 4.99. The van der Waals surface area contributed by atoms with Crippen molar-refractivity contribution >= 4 is 40.0 Å². The predicted molar refractivity (Wildman–Crippen MR) is 110 cm³/mol. The summed E-state index contributed by atoms with van der Waals surface area (Å²) in [5.74, 6) is 0.822. The number of ether oxygens (including phenoxy) is 1. The van der Waals surface area contributed by atoms with Gasteiger partial charge in [0.05, 0.1) is 17.2 Å². The van der Waals surface area contributed by atoms with E-state index in [1.165, 1.54) is 16.2 Å². The van der Waals surface area contributed by atoms with Crippen LogP contribution in [0.4, 0.5) is 5.00 Å². The number of hydrogen-bond donors (Lipinski definition) is 1. The highest BCUT2D eigenvalue weighted by atomic mass is 32.2. The van der Waals surface area contributed by atoms with Crippen molar-refractivity contribution in [3.8, 4) is 0 Å². The van der Waals surface area contributed by atoms with Crippen molar-refractivity contribution in [3.05, 3.63) is 40.4 Å². The molecule has 1 atom stereocenters. The Labute approximate surface area is 167 Å². The monoisotopic (exact) mass is 404 g/mol. The van der Waals surface area contributed by atoms with Crippen LogP contribution in [-0.2, 0) is 22.4 Å². The Bertz CT molecular complexity index is 805. The second kappa shape index (κ2) is 9.37. The third-order valence-electron chi connectivity index (χ3n) is 4.46. The summed E-state index contributed by atoms with van der Waals surface area (Å²) in [4.78, 5) is 30.3. The molecule has 144 valence electrons. The molecule has 0 spiro atoms. The lowest BCUT2D eigenvalue weighted by Gasteiger charge is -2.18. The van der Waals surface area contributed by atoms with Crippen molar-refractivity contribution in [3.63, 3.8) is 0 Å². The smallest absolute Gasteiger partial charge is 0.341 e. The van der Waals surface area contributed by atoms with E-state index in [9.17, 15) is 9.59 Å². The molecule has 2 aromatic heterocycles. The number of fused-ring (bicyclic) bond motifs is 1. The van der Waals surface area contributed by atoms with E-state index in [2.05, 4.69) is 17.2 Å². The number of nitrogens with zero attached hydrogens (tertiary/aromatic N) is 1. The molecule has 0 bridgehead atoms. The van der Waals surface area contributed by atoms with Gasteiger partial charge in [-0.1, -0.05) is 13.0 Å². The van der Waals surface area contributed by atoms with E-state index in [1.54, 1.807) is 24.9 Å². The number of thiophene rings is 1. The summed E-state index contributed by atoms with van der Waals surface area (Å²) in [5, 5.41) is 4.49. The molecule has 1 aliphatic carbocycles. The molecular weight excluding hydrogens is 380 g/mol. The topological polar surface area (TPSA) is 68.3 Å². The molecule has 27 heavy (non-hydrogen) atoms. The number of amides is 1. The van der Waals surface area contributed by atoms with Crippen molar-refractivity contribution in [2.45, 2.75) is 44.6 Å². The fraction of sp³-hybridized carbons (Fsp3) is 0.450. The van der Waals surface area contributed by atoms with Crippen LogP contribution in [0.15, 0.2) is 29.4 Å². The maximum atomic E-state index is 12.5. The molecule has 2 heterocycles. The zero-order valence-corrected chi connectivity index (χ0v) is 17.3. The zero-order valence-electron chi connectivity index (χ0n) is 15.6. The Kier molecular flexibility index (Phi) is 6.90. The lowest BCUT2D eigenvalue weighted by molar-refractivity contribution is -0.115. The highest BCUT2D eigenvalue weighted by molar-refractivity contribution is 7.99. The van der Waals surface area contributed by atoms with Gasteiger partial charge in [-0.2, -0.15) is 0 Å². The van der Waals surface area contributed by atoms with E-state index < -0.39 is 0 Å². The molecule has 2 aromatic rings. The van der Waals surface area contributed by atoms with Gasteiger partial charge in [0.15, 0.2) is 0 Å². The van der Waals surface area contributed by atoms with E-state index >= 15 is 0 Å². The Morgan fingerprint density at radius 2 is 2.26 bits per heavy atom. The SMILES string of the molecule is CCOC(=O)c1c(NC(=O)CCSc2ccccn2)sc2c1CCC(C)C2. The zero-order chi connectivity index (χ0) is 19.2. The van der Waals surface area contributed by atoms with Crippen LogP contribution in [0.1, 0.15) is 47.5 Å². The first-order chi connectivity index (χ1) is 13.1. The van der Waals surface area contributed by atoms with Crippen LogP contribution in [0, 0.1) is 5.92 Å². The third kappa shape index (κ3) is 5.11. The number of rotatable bonds is 7. The lowest BCUT2D eigenvalue weighted by Crippen LogP contribution is -2.16. The molecule has 0 saturated carbocycles. The van der Waals surface area contributed by atoms with Gasteiger partial charge in [0.25, 0.3) is 0 Å². The molecule has 3 rings (SSSR count). The number of anilines is 1. The second-order valence-electron chi connectivity index (χ2n) is 6.59. The first-order valence-corrected chi connectivity index (χ1v) is 11.0. The fourth-order valence-electron chi connectivity index (χ4n) is 3.13. The Morgan fingerprint density at radius 1 is 1.41 bits per heavy atom. The van der Waals surface area contributed by atoms with Gasteiger partial charge in [-0.25, -0.2) is 9.78 Å². The molecule has 5 nitrogen and oxygen atoms in total. The molecule has 1 aliphatic rings. The van der Waals surface area contributed by atoms with Crippen LogP contribution >= 0.6 is 23.1 Å². The van der Waals surface area contributed by atoms with Gasteiger partial charge in [0, 0.05) is 23.2 Å². The normalized spacial score (nSPS) is 15.9. The molecule has 1 amide bonds. The minimum Gasteiger partial charge on any atom is -0.462 e. The number of carbonyl (C=O) groups is 2. The summed E-state index contributed by atoms with van der Waals surface area (Å²) < 4.78 is 5.24. The summed E-state index contributed by atoms with van der Waals surface area (Å²) in [5.41, 5.74) is 1.63. The van der Waals surface area contributed by atoms with Crippen LogP contribution in [0.2, 0.25) is 0 Å². The average Bonchev–Trinajstić information content (AvgIpc) is 2.99. The van der Waals surface area contributed by atoms with Gasteiger partial charge in [0.2, 0.25) is 5.91 Å². The van der Waals surface area contributed by atoms with Crippen LogP contribution < -0.4 is 5.32 Å². The fourth-order valence-corrected chi connectivity index (χ4v) is 5.35. The molecule has 1 N–H and O–H groups in total. The van der Waals surface area contributed by atoms with Crippen LogP contribution in [-0.4, -0.2) is 29.2 Å². The number of hydrogen-bond acceptors (Lipinski definition) is 6. The standard InChI is InChI=1S/C20H24N2O3S2/c1-3-25-20(24)18-14-8-7-13(2)12-15(14)27-19(18)22-16(23)9-11-26-17-6-4-5-10-21-17/h4-6,10,13H,3,7-9,11-12H2,1-2H3,(H,22,23). The molecule has 0 radical (unpaired) electrons. The number of nitrogens with one attached hydrogen (secondary N) is 1. The molecule has 1 unspecified atom stereocenters. The maximum absolute atomic E-state index is 12.5. The van der Waals surface area contributed by atoms with E-state index in [0.29, 0.717) is 35.3 Å². The van der Waals surface area contributed by atoms with E-state index in [-0.39, 0.29) is 11.9 Å². The molecule has 0 aromatic carbocycles. The maximum Gasteiger partial charge on any atom is 0.341 e. The number of thioether (sulfide) groups is 1. The Morgan fingerprint density at radius 3 is 3.00 bits per heavy atom. The highest BCUT2D eigenvalue weighted by Crippen LogP contribution is 2.40. The quantitative estimate of drug-likeness (QED) is 0.541. The third-order valence-corrected chi connectivity index (χ3v) is 6.58. The summed E-state index contributed by atoms with van der Waals surface area (Å²) in [7, 11) is 0. The summed E-state index contributed by atoms with van der Waals surface area (Å²) in [6, 6.07) is 5.72. The van der Waals surface area contributed by atoms with Crippen molar-refractivity contribution < 1.29 is 14.3 Å². The van der Waals surface area contributed by atoms with Gasteiger partial charge in [-0.3, -0.25) is 4.79 Å². The van der Waals surface area contributed by atoms with E-state index in [1.807, 2.05) is 18.2 Å². The molecule has 7 heteroatoms. The van der Waals surface area contributed by atoms with Gasteiger partial charge in [-0.05, 0) is 49.8 Å². The molecule has 0 saturated heterocycles. The van der Waals surface area contributed by atoms with Gasteiger partial charge in [0.1, 0.15) is 5.00 Å².